The first-order valence-corrected chi connectivity index (χ1v) is 3.71. The quantitative estimate of drug-likeness (QED) is 0.491. The summed E-state index contributed by atoms with van der Waals surface area (Å²) in [4.78, 5) is 2.39. The zero-order valence-corrected chi connectivity index (χ0v) is 5.88. The molecule has 1 saturated heterocycles. The molecular weight excluding hydrogens is 112 g/mol. The maximum absolute atomic E-state index is 5.80. The molecule has 2 unspecified atom stereocenters. The van der Waals surface area contributed by atoms with E-state index in [0.717, 1.165) is 11.8 Å². The fourth-order valence-electron chi connectivity index (χ4n) is 2.18. The van der Waals surface area contributed by atoms with Crippen LogP contribution in [0.3, 0.4) is 0 Å². The molecule has 1 heterocycles. The summed E-state index contributed by atoms with van der Waals surface area (Å²) in [7, 11) is 2.19. The van der Waals surface area contributed by atoms with Gasteiger partial charge in [-0.3, -0.25) is 0 Å². The van der Waals surface area contributed by atoms with Gasteiger partial charge >= 0.3 is 0 Å². The smallest absolute Gasteiger partial charge is 0.00857 e. The Hall–Kier alpha value is -0.0800. The van der Waals surface area contributed by atoms with Crippen molar-refractivity contribution in [2.75, 3.05) is 20.1 Å². The van der Waals surface area contributed by atoms with Gasteiger partial charge in [0, 0.05) is 19.1 Å². The second-order valence-corrected chi connectivity index (χ2v) is 3.54. The largest absolute Gasteiger partial charge is 0.327 e. The Morgan fingerprint density at radius 2 is 2.22 bits per heavy atom. The van der Waals surface area contributed by atoms with E-state index in [1.54, 1.807) is 0 Å². The Bertz CT molecular complexity index is 124. The SMILES string of the molecule is CN1CC2C[C@H](N)C2C1. The van der Waals surface area contributed by atoms with Crippen LogP contribution >= 0.6 is 0 Å². The van der Waals surface area contributed by atoms with Gasteiger partial charge in [-0.1, -0.05) is 0 Å². The molecule has 3 atom stereocenters. The fourth-order valence-corrected chi connectivity index (χ4v) is 2.18. The monoisotopic (exact) mass is 126 g/mol. The molecule has 0 aromatic carbocycles. The van der Waals surface area contributed by atoms with Crippen molar-refractivity contribution in [2.45, 2.75) is 12.5 Å². The molecule has 2 aliphatic rings. The molecule has 9 heavy (non-hydrogen) atoms. The normalized spacial score (nSPS) is 50.7. The van der Waals surface area contributed by atoms with E-state index in [2.05, 4.69) is 11.9 Å². The van der Waals surface area contributed by atoms with E-state index in [-0.39, 0.29) is 0 Å². The number of hydrogen-bond donors (Lipinski definition) is 1. The zero-order valence-electron chi connectivity index (χ0n) is 5.88. The first-order chi connectivity index (χ1) is 4.27. The Kier molecular flexibility index (Phi) is 1.08. The van der Waals surface area contributed by atoms with Crippen LogP contribution in [-0.4, -0.2) is 31.1 Å². The predicted octanol–water partition coefficient (Wildman–Crippen LogP) is -0.105. The molecule has 1 saturated carbocycles. The minimum atomic E-state index is 0.528. The summed E-state index contributed by atoms with van der Waals surface area (Å²) in [5.74, 6) is 1.79. The van der Waals surface area contributed by atoms with Crippen LogP contribution in [0.5, 0.6) is 0 Å². The molecule has 0 spiro atoms. The Morgan fingerprint density at radius 1 is 1.44 bits per heavy atom. The number of nitrogens with zero attached hydrogens (tertiary/aromatic N) is 1. The molecule has 52 valence electrons. The summed E-state index contributed by atoms with van der Waals surface area (Å²) in [5, 5.41) is 0. The van der Waals surface area contributed by atoms with E-state index < -0.39 is 0 Å². The van der Waals surface area contributed by atoms with Crippen molar-refractivity contribution in [1.82, 2.24) is 4.90 Å². The van der Waals surface area contributed by atoms with Crippen molar-refractivity contribution in [3.8, 4) is 0 Å². The lowest BCUT2D eigenvalue weighted by Crippen LogP contribution is -2.46. The molecule has 2 rings (SSSR count). The topological polar surface area (TPSA) is 29.3 Å². The van der Waals surface area contributed by atoms with Crippen molar-refractivity contribution < 1.29 is 0 Å². The van der Waals surface area contributed by atoms with Gasteiger partial charge < -0.3 is 10.6 Å². The highest BCUT2D eigenvalue weighted by molar-refractivity contribution is 4.98. The van der Waals surface area contributed by atoms with Crippen molar-refractivity contribution in [2.24, 2.45) is 17.6 Å². The molecule has 2 heteroatoms. The fraction of sp³-hybridized carbons (Fsp3) is 1.00. The predicted molar refractivity (Wildman–Crippen MR) is 37.1 cm³/mol. The molecule has 2 N–H and O–H groups in total. The van der Waals surface area contributed by atoms with E-state index in [9.17, 15) is 0 Å². The molecule has 0 aromatic rings. The molecule has 1 aliphatic heterocycles. The van der Waals surface area contributed by atoms with Crippen LogP contribution in [0, 0.1) is 11.8 Å². The van der Waals surface area contributed by atoms with Crippen molar-refractivity contribution in [3.05, 3.63) is 0 Å². The van der Waals surface area contributed by atoms with Crippen LogP contribution in [0.1, 0.15) is 6.42 Å². The van der Waals surface area contributed by atoms with E-state index in [1.165, 1.54) is 19.5 Å². The third kappa shape index (κ3) is 0.700. The Balaban J connectivity index is 2.00. The number of nitrogens with two attached hydrogens (primary N) is 1. The van der Waals surface area contributed by atoms with Crippen LogP contribution in [0.4, 0.5) is 0 Å². The number of hydrogen-bond acceptors (Lipinski definition) is 2. The second kappa shape index (κ2) is 1.70. The van der Waals surface area contributed by atoms with E-state index in [0.29, 0.717) is 6.04 Å². The Morgan fingerprint density at radius 3 is 2.67 bits per heavy atom. The van der Waals surface area contributed by atoms with Gasteiger partial charge in [0.2, 0.25) is 0 Å². The van der Waals surface area contributed by atoms with Gasteiger partial charge in [0.1, 0.15) is 0 Å². The lowest BCUT2D eigenvalue weighted by atomic mass is 9.72. The maximum Gasteiger partial charge on any atom is 0.00857 e. The van der Waals surface area contributed by atoms with Crippen LogP contribution in [-0.2, 0) is 0 Å². The summed E-state index contributed by atoms with van der Waals surface area (Å²) in [6.07, 6.45) is 1.27. The van der Waals surface area contributed by atoms with Crippen molar-refractivity contribution in [3.63, 3.8) is 0 Å². The van der Waals surface area contributed by atoms with E-state index in [4.69, 9.17) is 5.73 Å². The van der Waals surface area contributed by atoms with Gasteiger partial charge in [0.15, 0.2) is 0 Å². The van der Waals surface area contributed by atoms with Gasteiger partial charge in [0.05, 0.1) is 0 Å². The van der Waals surface area contributed by atoms with E-state index >= 15 is 0 Å². The average Bonchev–Trinajstić information content (AvgIpc) is 2.08. The molecule has 2 nitrogen and oxygen atoms in total. The number of likely N-dealkylation sites (tertiary alicyclic amines) is 1. The molecule has 0 amide bonds. The molecule has 0 aromatic heterocycles. The van der Waals surface area contributed by atoms with Gasteiger partial charge in [0.25, 0.3) is 0 Å². The highest BCUT2D eigenvalue weighted by atomic mass is 15.1. The van der Waals surface area contributed by atoms with Crippen LogP contribution in [0.25, 0.3) is 0 Å². The molecule has 1 aliphatic carbocycles. The number of rotatable bonds is 0. The lowest BCUT2D eigenvalue weighted by Gasteiger charge is -2.36. The second-order valence-electron chi connectivity index (χ2n) is 3.54. The van der Waals surface area contributed by atoms with Crippen molar-refractivity contribution >= 4 is 0 Å². The maximum atomic E-state index is 5.80. The van der Waals surface area contributed by atoms with Gasteiger partial charge in [-0.05, 0) is 25.3 Å². The minimum absolute atomic E-state index is 0.528. The third-order valence-electron chi connectivity index (χ3n) is 2.80. The highest BCUT2D eigenvalue weighted by Gasteiger charge is 2.43. The summed E-state index contributed by atoms with van der Waals surface area (Å²) >= 11 is 0. The van der Waals surface area contributed by atoms with Crippen LogP contribution in [0.2, 0.25) is 0 Å². The van der Waals surface area contributed by atoms with Crippen LogP contribution in [0.15, 0.2) is 0 Å². The molecular formula is C7H14N2. The average molecular weight is 126 g/mol. The standard InChI is InChI=1S/C7H14N2/c1-9-3-5-2-7(8)6(5)4-9/h5-7H,2-4,8H2,1H3/t5?,6?,7-/m0/s1. The third-order valence-corrected chi connectivity index (χ3v) is 2.80. The van der Waals surface area contributed by atoms with Gasteiger partial charge in [-0.15, -0.1) is 0 Å². The Labute approximate surface area is 56.0 Å². The summed E-state index contributed by atoms with van der Waals surface area (Å²) in [6, 6.07) is 0.528. The molecule has 2 fully saturated rings. The van der Waals surface area contributed by atoms with Gasteiger partial charge in [-0.25, -0.2) is 0 Å². The lowest BCUT2D eigenvalue weighted by molar-refractivity contribution is 0.194. The first kappa shape index (κ1) is 5.69. The summed E-state index contributed by atoms with van der Waals surface area (Å²) < 4.78 is 0. The van der Waals surface area contributed by atoms with E-state index in [1.807, 2.05) is 0 Å². The highest BCUT2D eigenvalue weighted by Crippen LogP contribution is 2.38. The number of fused-ring (bicyclic) bond motifs is 1. The van der Waals surface area contributed by atoms with Crippen molar-refractivity contribution in [1.29, 1.82) is 0 Å². The summed E-state index contributed by atoms with van der Waals surface area (Å²) in [5.41, 5.74) is 5.80. The molecule has 0 bridgehead atoms. The zero-order chi connectivity index (χ0) is 6.43. The molecule has 0 radical (unpaired) electrons. The van der Waals surface area contributed by atoms with Crippen LogP contribution < -0.4 is 5.73 Å². The minimum Gasteiger partial charge on any atom is -0.327 e. The van der Waals surface area contributed by atoms with Gasteiger partial charge in [-0.2, -0.15) is 0 Å². The first-order valence-electron chi connectivity index (χ1n) is 3.71. The summed E-state index contributed by atoms with van der Waals surface area (Å²) in [6.45, 7) is 2.53.